The minimum atomic E-state index is 0.393. The monoisotopic (exact) mass is 308 g/mol. The number of hydrogen-bond donors (Lipinski definition) is 0. The third-order valence-electron chi connectivity index (χ3n) is 3.61. The van der Waals surface area contributed by atoms with Crippen molar-refractivity contribution in [2.24, 2.45) is 0 Å². The van der Waals surface area contributed by atoms with E-state index in [1.54, 1.807) is 7.11 Å². The molecular weight excluding hydrogens is 292 g/mol. The van der Waals surface area contributed by atoms with E-state index in [-0.39, 0.29) is 0 Å². The Balaban J connectivity index is 1.94. The molecular formula is C16H16N6O. The molecule has 7 heteroatoms. The average molecular weight is 308 g/mol. The van der Waals surface area contributed by atoms with Crippen LogP contribution in [-0.2, 0) is 6.54 Å². The van der Waals surface area contributed by atoms with E-state index < -0.39 is 0 Å². The fourth-order valence-electron chi connectivity index (χ4n) is 2.39. The molecule has 0 radical (unpaired) electrons. The fourth-order valence-corrected chi connectivity index (χ4v) is 2.39. The van der Waals surface area contributed by atoms with Gasteiger partial charge in [-0.3, -0.25) is 0 Å². The number of imidazole rings is 1. The van der Waals surface area contributed by atoms with Crippen molar-refractivity contribution in [3.05, 3.63) is 48.0 Å². The maximum Gasteiger partial charge on any atom is 0.198 e. The molecule has 0 aliphatic rings. The van der Waals surface area contributed by atoms with E-state index in [1.807, 2.05) is 24.3 Å². The number of aromatic nitrogens is 4. The largest absolute Gasteiger partial charge is 0.497 e. The Morgan fingerprint density at radius 1 is 1.26 bits per heavy atom. The van der Waals surface area contributed by atoms with Gasteiger partial charge in [-0.05, 0) is 24.6 Å². The van der Waals surface area contributed by atoms with Gasteiger partial charge in [-0.2, -0.15) is 14.9 Å². The van der Waals surface area contributed by atoms with E-state index in [0.29, 0.717) is 23.7 Å². The Labute approximate surface area is 133 Å². The highest BCUT2D eigenvalue weighted by molar-refractivity contribution is 5.64. The third kappa shape index (κ3) is 2.79. The molecule has 0 N–H and O–H groups in total. The Hall–Kier alpha value is -3.14. The van der Waals surface area contributed by atoms with Crippen LogP contribution in [0.1, 0.15) is 18.2 Å². The molecule has 2 heterocycles. The van der Waals surface area contributed by atoms with Crippen molar-refractivity contribution in [2.75, 3.05) is 18.6 Å². The summed E-state index contributed by atoms with van der Waals surface area (Å²) in [4.78, 5) is 10.7. The van der Waals surface area contributed by atoms with Gasteiger partial charge in [0.05, 0.1) is 13.3 Å². The Bertz CT molecular complexity index is 849. The maximum atomic E-state index is 9.10. The van der Waals surface area contributed by atoms with E-state index >= 15 is 0 Å². The summed E-state index contributed by atoms with van der Waals surface area (Å²) in [6.07, 6.45) is 2.95. The summed E-state index contributed by atoms with van der Waals surface area (Å²) in [5.41, 5.74) is 2.11. The van der Waals surface area contributed by atoms with E-state index in [9.17, 15) is 0 Å². The molecule has 0 saturated heterocycles. The number of methoxy groups -OCH3 is 1. The molecule has 0 bridgehead atoms. The summed E-state index contributed by atoms with van der Waals surface area (Å²) in [5, 5.41) is 13.2. The first kappa shape index (κ1) is 14.8. The zero-order valence-corrected chi connectivity index (χ0v) is 13.0. The van der Waals surface area contributed by atoms with Crippen LogP contribution in [-0.4, -0.2) is 33.2 Å². The van der Waals surface area contributed by atoms with Crippen LogP contribution in [0.4, 0.5) is 5.82 Å². The van der Waals surface area contributed by atoms with E-state index in [0.717, 1.165) is 17.9 Å². The highest BCUT2D eigenvalue weighted by Gasteiger charge is 2.15. The van der Waals surface area contributed by atoms with Gasteiger partial charge in [-0.15, -0.1) is 0 Å². The van der Waals surface area contributed by atoms with Gasteiger partial charge in [0.25, 0.3) is 0 Å². The molecule has 116 valence electrons. The van der Waals surface area contributed by atoms with Crippen molar-refractivity contribution < 1.29 is 4.74 Å². The molecule has 3 aromatic rings. The topological polar surface area (TPSA) is 79.3 Å². The van der Waals surface area contributed by atoms with Crippen molar-refractivity contribution in [1.82, 2.24) is 19.6 Å². The zero-order chi connectivity index (χ0) is 16.2. The highest BCUT2D eigenvalue weighted by Crippen LogP contribution is 2.20. The van der Waals surface area contributed by atoms with E-state index in [4.69, 9.17) is 10.00 Å². The molecule has 0 fully saturated rings. The summed E-state index contributed by atoms with van der Waals surface area (Å²) in [7, 11) is 1.65. The number of hydrogen-bond acceptors (Lipinski definition) is 6. The SMILES string of the molecule is CCN(Cc1ccc(OC)cc1)c1ncnn2c(C#N)cnc12. The molecule has 23 heavy (non-hydrogen) atoms. The second kappa shape index (κ2) is 6.32. The van der Waals surface area contributed by atoms with Crippen LogP contribution in [0.5, 0.6) is 5.75 Å². The lowest BCUT2D eigenvalue weighted by Gasteiger charge is -2.22. The van der Waals surface area contributed by atoms with Crippen LogP contribution in [0.2, 0.25) is 0 Å². The molecule has 0 aliphatic carbocycles. The van der Waals surface area contributed by atoms with Crippen molar-refractivity contribution >= 4 is 11.5 Å². The maximum absolute atomic E-state index is 9.10. The molecule has 7 nitrogen and oxygen atoms in total. The van der Waals surface area contributed by atoms with Crippen molar-refractivity contribution in [1.29, 1.82) is 5.26 Å². The molecule has 0 aliphatic heterocycles. The standard InChI is InChI=1S/C16H16N6O/c1-3-21(10-12-4-6-14(23-2)7-5-12)15-16-18-9-13(8-17)22(16)20-11-19-15/h4-7,9,11H,3,10H2,1-2H3. The lowest BCUT2D eigenvalue weighted by Crippen LogP contribution is -2.24. The minimum absolute atomic E-state index is 0.393. The summed E-state index contributed by atoms with van der Waals surface area (Å²) in [5.74, 6) is 1.54. The number of nitrogens with zero attached hydrogens (tertiary/aromatic N) is 6. The number of fused-ring (bicyclic) bond motifs is 1. The number of rotatable bonds is 5. The van der Waals surface area contributed by atoms with Gasteiger partial charge in [0.2, 0.25) is 0 Å². The van der Waals surface area contributed by atoms with Gasteiger partial charge in [-0.25, -0.2) is 9.97 Å². The Morgan fingerprint density at radius 2 is 2.04 bits per heavy atom. The molecule has 2 aromatic heterocycles. The molecule has 0 saturated carbocycles. The number of anilines is 1. The molecule has 0 spiro atoms. The van der Waals surface area contributed by atoms with Crippen molar-refractivity contribution in [3.8, 4) is 11.8 Å². The molecule has 0 atom stereocenters. The van der Waals surface area contributed by atoms with Crippen molar-refractivity contribution in [3.63, 3.8) is 0 Å². The summed E-state index contributed by atoms with van der Waals surface area (Å²) < 4.78 is 6.69. The second-order valence-corrected chi connectivity index (χ2v) is 4.94. The third-order valence-corrected chi connectivity index (χ3v) is 3.61. The summed E-state index contributed by atoms with van der Waals surface area (Å²) >= 11 is 0. The molecule has 3 rings (SSSR count). The summed E-state index contributed by atoms with van der Waals surface area (Å²) in [6.45, 7) is 3.49. The van der Waals surface area contributed by atoms with E-state index in [1.165, 1.54) is 17.0 Å². The van der Waals surface area contributed by atoms with Crippen LogP contribution < -0.4 is 9.64 Å². The normalized spacial score (nSPS) is 10.5. The first-order valence-corrected chi connectivity index (χ1v) is 7.23. The number of benzene rings is 1. The van der Waals surface area contributed by atoms with Gasteiger partial charge in [-0.1, -0.05) is 12.1 Å². The first-order valence-electron chi connectivity index (χ1n) is 7.23. The van der Waals surface area contributed by atoms with Crippen LogP contribution >= 0.6 is 0 Å². The van der Waals surface area contributed by atoms with Gasteiger partial charge >= 0.3 is 0 Å². The minimum Gasteiger partial charge on any atom is -0.497 e. The van der Waals surface area contributed by atoms with Crippen LogP contribution in [0.25, 0.3) is 5.65 Å². The smallest absolute Gasteiger partial charge is 0.198 e. The average Bonchev–Trinajstić information content (AvgIpc) is 3.03. The summed E-state index contributed by atoms with van der Waals surface area (Å²) in [6, 6.07) is 9.98. The zero-order valence-electron chi connectivity index (χ0n) is 13.0. The van der Waals surface area contributed by atoms with Gasteiger partial charge < -0.3 is 9.64 Å². The molecule has 0 unspecified atom stereocenters. The Kier molecular flexibility index (Phi) is 4.06. The van der Waals surface area contributed by atoms with Crippen LogP contribution in [0, 0.1) is 11.3 Å². The highest BCUT2D eigenvalue weighted by atomic mass is 16.5. The molecule has 0 amide bonds. The van der Waals surface area contributed by atoms with E-state index in [2.05, 4.69) is 33.0 Å². The van der Waals surface area contributed by atoms with Crippen LogP contribution in [0.3, 0.4) is 0 Å². The molecule has 1 aromatic carbocycles. The lowest BCUT2D eigenvalue weighted by atomic mass is 10.2. The quantitative estimate of drug-likeness (QED) is 0.717. The van der Waals surface area contributed by atoms with Crippen LogP contribution in [0.15, 0.2) is 36.8 Å². The first-order chi connectivity index (χ1) is 11.3. The fraction of sp³-hybridized carbons (Fsp3) is 0.250. The second-order valence-electron chi connectivity index (χ2n) is 4.94. The van der Waals surface area contributed by atoms with Crippen molar-refractivity contribution in [2.45, 2.75) is 13.5 Å². The van der Waals surface area contributed by atoms with Gasteiger partial charge in [0.1, 0.15) is 18.1 Å². The Morgan fingerprint density at radius 3 is 2.70 bits per heavy atom. The van der Waals surface area contributed by atoms with Gasteiger partial charge in [0, 0.05) is 13.1 Å². The predicted molar refractivity (Wildman–Crippen MR) is 85.2 cm³/mol. The van der Waals surface area contributed by atoms with Gasteiger partial charge in [0.15, 0.2) is 17.2 Å². The predicted octanol–water partition coefficient (Wildman–Crippen LogP) is 2.03. The lowest BCUT2D eigenvalue weighted by molar-refractivity contribution is 0.414. The number of ether oxygens (including phenoxy) is 1. The number of nitriles is 1.